The highest BCUT2D eigenvalue weighted by atomic mass is 16.6. The largest absolute Gasteiger partial charge is 0.490 e. The van der Waals surface area contributed by atoms with Crippen LogP contribution in [0.25, 0.3) is 0 Å². The fourth-order valence-electron chi connectivity index (χ4n) is 3.29. The number of fused-ring (bicyclic) bond motifs is 1. The van der Waals surface area contributed by atoms with Crippen LogP contribution in [0.3, 0.4) is 0 Å². The van der Waals surface area contributed by atoms with Crippen LogP contribution in [0.4, 0.5) is 16.2 Å². The topological polar surface area (TPSA) is 83.6 Å². The molecule has 150 valence electrons. The zero-order valence-corrected chi connectivity index (χ0v) is 16.2. The van der Waals surface area contributed by atoms with E-state index in [9.17, 15) is 4.79 Å². The molecule has 2 aromatic heterocycles. The molecule has 8 nitrogen and oxygen atoms in total. The summed E-state index contributed by atoms with van der Waals surface area (Å²) in [5, 5.41) is 0. The molecule has 0 unspecified atom stereocenters. The van der Waals surface area contributed by atoms with E-state index in [1.165, 1.54) is 0 Å². The molecule has 29 heavy (non-hydrogen) atoms. The van der Waals surface area contributed by atoms with Gasteiger partial charge in [0.2, 0.25) is 0 Å². The molecule has 0 saturated heterocycles. The summed E-state index contributed by atoms with van der Waals surface area (Å²) in [7, 11) is 0. The molecule has 0 aliphatic carbocycles. The standard InChI is InChI=1S/C21H23N5O3/c1-2-26(21(27)29-14-16-5-7-22-8-6-16)18-3-4-20-19(11-18)25(9-10-28-20)13-17-12-23-15-24-17/h3-8,11-12,15H,2,9-10,13-14H2,1H3,(H,23,24). The number of amides is 1. The predicted octanol–water partition coefficient (Wildman–Crippen LogP) is 3.37. The van der Waals surface area contributed by atoms with Crippen LogP contribution >= 0.6 is 0 Å². The number of nitrogens with one attached hydrogen (secondary N) is 1. The number of rotatable bonds is 6. The second-order valence-corrected chi connectivity index (χ2v) is 6.64. The highest BCUT2D eigenvalue weighted by Gasteiger charge is 2.23. The Kier molecular flexibility index (Phi) is 5.60. The van der Waals surface area contributed by atoms with Gasteiger partial charge < -0.3 is 19.4 Å². The Morgan fingerprint density at radius 2 is 2.17 bits per heavy atom. The number of hydrogen-bond donors (Lipinski definition) is 1. The van der Waals surface area contributed by atoms with E-state index < -0.39 is 0 Å². The second kappa shape index (κ2) is 8.64. The molecule has 1 aliphatic rings. The molecule has 1 aromatic carbocycles. The smallest absolute Gasteiger partial charge is 0.414 e. The van der Waals surface area contributed by atoms with Crippen LogP contribution in [-0.4, -0.2) is 40.7 Å². The van der Waals surface area contributed by atoms with Gasteiger partial charge in [0.15, 0.2) is 0 Å². The number of ether oxygens (including phenoxy) is 2. The average molecular weight is 393 g/mol. The molecule has 0 atom stereocenters. The van der Waals surface area contributed by atoms with Crippen molar-refractivity contribution in [1.29, 1.82) is 0 Å². The van der Waals surface area contributed by atoms with Crippen LogP contribution < -0.4 is 14.5 Å². The van der Waals surface area contributed by atoms with Crippen molar-refractivity contribution in [2.45, 2.75) is 20.1 Å². The minimum Gasteiger partial charge on any atom is -0.490 e. The second-order valence-electron chi connectivity index (χ2n) is 6.64. The van der Waals surface area contributed by atoms with Gasteiger partial charge in [0.05, 0.1) is 30.8 Å². The number of H-pyrrole nitrogens is 1. The quantitative estimate of drug-likeness (QED) is 0.691. The number of carbonyl (C=O) groups excluding carboxylic acids is 1. The molecule has 0 radical (unpaired) electrons. The Hall–Kier alpha value is -3.55. The van der Waals surface area contributed by atoms with E-state index in [1.807, 2.05) is 43.5 Å². The van der Waals surface area contributed by atoms with Gasteiger partial charge in [0.25, 0.3) is 0 Å². The summed E-state index contributed by atoms with van der Waals surface area (Å²) in [5.74, 6) is 0.803. The Bertz CT molecular complexity index is 946. The number of pyridine rings is 1. The first kappa shape index (κ1) is 18.8. The Morgan fingerprint density at radius 3 is 2.93 bits per heavy atom. The Balaban J connectivity index is 1.51. The maximum absolute atomic E-state index is 12.7. The van der Waals surface area contributed by atoms with Crippen LogP contribution in [0.5, 0.6) is 5.75 Å². The van der Waals surface area contributed by atoms with E-state index in [-0.39, 0.29) is 12.7 Å². The lowest BCUT2D eigenvalue weighted by Gasteiger charge is -2.32. The van der Waals surface area contributed by atoms with Crippen molar-refractivity contribution in [3.63, 3.8) is 0 Å². The highest BCUT2D eigenvalue weighted by Crippen LogP contribution is 2.36. The maximum atomic E-state index is 12.7. The van der Waals surface area contributed by atoms with E-state index in [4.69, 9.17) is 9.47 Å². The van der Waals surface area contributed by atoms with Gasteiger partial charge in [-0.15, -0.1) is 0 Å². The summed E-state index contributed by atoms with van der Waals surface area (Å²) in [4.78, 5) is 27.8. The van der Waals surface area contributed by atoms with Crippen molar-refractivity contribution < 1.29 is 14.3 Å². The van der Waals surface area contributed by atoms with Crippen molar-refractivity contribution in [3.8, 4) is 5.75 Å². The van der Waals surface area contributed by atoms with E-state index in [0.29, 0.717) is 19.7 Å². The van der Waals surface area contributed by atoms with E-state index in [0.717, 1.165) is 34.9 Å². The minimum absolute atomic E-state index is 0.206. The van der Waals surface area contributed by atoms with Crippen molar-refractivity contribution in [3.05, 3.63) is 66.5 Å². The number of aromatic amines is 1. The number of benzene rings is 1. The maximum Gasteiger partial charge on any atom is 0.414 e. The van der Waals surface area contributed by atoms with Gasteiger partial charge in [-0.1, -0.05) is 0 Å². The third-order valence-electron chi connectivity index (χ3n) is 4.77. The molecule has 3 heterocycles. The molecule has 0 saturated carbocycles. The zero-order valence-electron chi connectivity index (χ0n) is 16.2. The van der Waals surface area contributed by atoms with Crippen molar-refractivity contribution in [1.82, 2.24) is 15.0 Å². The van der Waals surface area contributed by atoms with Gasteiger partial charge in [-0.3, -0.25) is 9.88 Å². The summed E-state index contributed by atoms with van der Waals surface area (Å²) >= 11 is 0. The van der Waals surface area contributed by atoms with Gasteiger partial charge in [0.1, 0.15) is 19.0 Å². The van der Waals surface area contributed by atoms with E-state index >= 15 is 0 Å². The van der Waals surface area contributed by atoms with Gasteiger partial charge in [-0.05, 0) is 42.8 Å². The van der Waals surface area contributed by atoms with E-state index in [2.05, 4.69) is 19.9 Å². The zero-order chi connectivity index (χ0) is 20.1. The molecule has 1 N–H and O–H groups in total. The monoisotopic (exact) mass is 393 g/mol. The summed E-state index contributed by atoms with van der Waals surface area (Å²) in [6, 6.07) is 9.41. The third kappa shape index (κ3) is 4.31. The van der Waals surface area contributed by atoms with Gasteiger partial charge in [-0.2, -0.15) is 0 Å². The lowest BCUT2D eigenvalue weighted by atomic mass is 10.2. The van der Waals surface area contributed by atoms with Crippen molar-refractivity contribution in [2.75, 3.05) is 29.5 Å². The lowest BCUT2D eigenvalue weighted by molar-refractivity contribution is 0.147. The third-order valence-corrected chi connectivity index (χ3v) is 4.77. The molecular weight excluding hydrogens is 370 g/mol. The SMILES string of the molecule is CCN(C(=O)OCc1ccncc1)c1ccc2c(c1)N(Cc1c[nH]cn1)CCO2. The molecule has 1 aliphatic heterocycles. The normalized spacial score (nSPS) is 12.8. The van der Waals surface area contributed by atoms with Crippen LogP contribution in [0.2, 0.25) is 0 Å². The molecule has 1 amide bonds. The van der Waals surface area contributed by atoms with Gasteiger partial charge in [-0.25, -0.2) is 9.78 Å². The van der Waals surface area contributed by atoms with E-state index in [1.54, 1.807) is 23.6 Å². The molecule has 8 heteroatoms. The first-order valence-corrected chi connectivity index (χ1v) is 9.57. The fourth-order valence-corrected chi connectivity index (χ4v) is 3.29. The van der Waals surface area contributed by atoms with Gasteiger partial charge >= 0.3 is 6.09 Å². The Labute approximate surface area is 169 Å². The van der Waals surface area contributed by atoms with Crippen LogP contribution in [0.15, 0.2) is 55.2 Å². The lowest BCUT2D eigenvalue weighted by Crippen LogP contribution is -2.34. The summed E-state index contributed by atoms with van der Waals surface area (Å²) in [6.45, 7) is 4.66. The summed E-state index contributed by atoms with van der Waals surface area (Å²) < 4.78 is 11.3. The molecule has 0 fully saturated rings. The molecule has 0 bridgehead atoms. The average Bonchev–Trinajstić information content (AvgIpc) is 3.27. The molecule has 3 aromatic rings. The number of imidazole rings is 1. The summed E-state index contributed by atoms with van der Waals surface area (Å²) in [5.41, 5.74) is 3.56. The van der Waals surface area contributed by atoms with Crippen molar-refractivity contribution in [2.24, 2.45) is 0 Å². The van der Waals surface area contributed by atoms with Crippen LogP contribution in [0.1, 0.15) is 18.2 Å². The van der Waals surface area contributed by atoms with Crippen LogP contribution in [-0.2, 0) is 17.9 Å². The van der Waals surface area contributed by atoms with Crippen LogP contribution in [0, 0.1) is 0 Å². The first-order valence-electron chi connectivity index (χ1n) is 9.57. The fraction of sp³-hybridized carbons (Fsp3) is 0.286. The van der Waals surface area contributed by atoms with Crippen molar-refractivity contribution >= 4 is 17.5 Å². The molecule has 4 rings (SSSR count). The number of aromatic nitrogens is 3. The highest BCUT2D eigenvalue weighted by molar-refractivity contribution is 5.89. The number of nitrogens with zero attached hydrogens (tertiary/aromatic N) is 4. The number of anilines is 2. The Morgan fingerprint density at radius 1 is 1.31 bits per heavy atom. The molecule has 0 spiro atoms. The minimum atomic E-state index is -0.389. The first-order chi connectivity index (χ1) is 14.2. The predicted molar refractivity (Wildman–Crippen MR) is 109 cm³/mol. The van der Waals surface area contributed by atoms with Gasteiger partial charge in [0, 0.05) is 30.8 Å². The number of carbonyl (C=O) groups is 1. The number of hydrogen-bond acceptors (Lipinski definition) is 6. The molecular formula is C21H23N5O3. The summed E-state index contributed by atoms with van der Waals surface area (Å²) in [6.07, 6.45) is 6.52.